The minimum atomic E-state index is -0.276. The van der Waals surface area contributed by atoms with Crippen molar-refractivity contribution >= 4 is 37.8 Å². The molecule has 1 aromatic carbocycles. The van der Waals surface area contributed by atoms with Crippen molar-refractivity contribution in [2.24, 2.45) is 0 Å². The van der Waals surface area contributed by atoms with Gasteiger partial charge in [-0.25, -0.2) is 0 Å². The van der Waals surface area contributed by atoms with Crippen molar-refractivity contribution < 1.29 is 9.53 Å². The Kier molecular flexibility index (Phi) is 4.80. The number of halogens is 2. The maximum Gasteiger partial charge on any atom is 0.319 e. The van der Waals surface area contributed by atoms with E-state index in [1.165, 1.54) is 7.11 Å². The Balaban J connectivity index is 2.76. The Morgan fingerprint density at radius 2 is 2.20 bits per heavy atom. The zero-order chi connectivity index (χ0) is 11.4. The van der Waals surface area contributed by atoms with Crippen LogP contribution in [0, 0.1) is 6.92 Å². The molecule has 4 heteroatoms. The molecular weight excluding hydrogens is 324 g/mol. The van der Waals surface area contributed by atoms with Crippen LogP contribution in [0.1, 0.15) is 11.1 Å². The highest BCUT2D eigenvalue weighted by atomic mass is 79.9. The first-order valence-corrected chi connectivity index (χ1v) is 6.22. The molecule has 0 aliphatic heterocycles. The molecule has 0 bridgehead atoms. The number of alkyl halides is 1. The van der Waals surface area contributed by atoms with Crippen molar-refractivity contribution in [3.8, 4) is 0 Å². The van der Waals surface area contributed by atoms with Gasteiger partial charge in [0.05, 0.1) is 7.11 Å². The topological polar surface area (TPSA) is 26.3 Å². The number of hydrogen-bond donors (Lipinski definition) is 0. The molecule has 0 aromatic heterocycles. The normalized spacial score (nSPS) is 12.3. The standard InChI is InChI=1S/C11H12Br2O2/c1-7-5-9(12)4-3-8(7)6-10(13)11(14)15-2/h3-5,10H,6H2,1-2H3. The van der Waals surface area contributed by atoms with Gasteiger partial charge in [-0.15, -0.1) is 0 Å². The molecule has 0 heterocycles. The summed E-state index contributed by atoms with van der Waals surface area (Å²) in [6.07, 6.45) is 0.645. The maximum absolute atomic E-state index is 11.2. The predicted molar refractivity (Wildman–Crippen MR) is 67.3 cm³/mol. The van der Waals surface area contributed by atoms with E-state index in [0.717, 1.165) is 15.6 Å². The van der Waals surface area contributed by atoms with Crippen molar-refractivity contribution in [3.63, 3.8) is 0 Å². The average Bonchev–Trinajstić information content (AvgIpc) is 2.20. The second-order valence-electron chi connectivity index (χ2n) is 3.27. The minimum Gasteiger partial charge on any atom is -0.468 e. The van der Waals surface area contributed by atoms with Crippen LogP contribution in [0.5, 0.6) is 0 Å². The number of hydrogen-bond acceptors (Lipinski definition) is 2. The van der Waals surface area contributed by atoms with Crippen LogP contribution in [0.3, 0.4) is 0 Å². The molecule has 0 saturated heterocycles. The number of rotatable bonds is 3. The van der Waals surface area contributed by atoms with E-state index in [1.54, 1.807) is 0 Å². The van der Waals surface area contributed by atoms with Gasteiger partial charge in [0.15, 0.2) is 0 Å². The molecule has 0 spiro atoms. The van der Waals surface area contributed by atoms with E-state index in [1.807, 2.05) is 25.1 Å². The van der Waals surface area contributed by atoms with E-state index in [0.29, 0.717) is 6.42 Å². The molecule has 1 atom stereocenters. The smallest absolute Gasteiger partial charge is 0.319 e. The van der Waals surface area contributed by atoms with Gasteiger partial charge in [-0.1, -0.05) is 37.9 Å². The third-order valence-electron chi connectivity index (χ3n) is 2.16. The van der Waals surface area contributed by atoms with Gasteiger partial charge in [-0.2, -0.15) is 0 Å². The van der Waals surface area contributed by atoms with Gasteiger partial charge in [0.25, 0.3) is 0 Å². The quantitative estimate of drug-likeness (QED) is 0.626. The lowest BCUT2D eigenvalue weighted by atomic mass is 10.0. The molecule has 0 aliphatic rings. The summed E-state index contributed by atoms with van der Waals surface area (Å²) in [6, 6.07) is 6.02. The molecule has 0 aliphatic carbocycles. The number of carbonyl (C=O) groups excluding carboxylic acids is 1. The number of carbonyl (C=O) groups is 1. The minimum absolute atomic E-state index is 0.239. The highest BCUT2D eigenvalue weighted by Crippen LogP contribution is 2.19. The molecule has 82 valence electrons. The molecule has 0 amide bonds. The van der Waals surface area contributed by atoms with E-state index in [4.69, 9.17) is 0 Å². The third kappa shape index (κ3) is 3.61. The highest BCUT2D eigenvalue weighted by Gasteiger charge is 2.16. The lowest BCUT2D eigenvalue weighted by molar-refractivity contribution is -0.139. The zero-order valence-corrected chi connectivity index (χ0v) is 11.8. The van der Waals surface area contributed by atoms with Crippen molar-refractivity contribution in [2.75, 3.05) is 7.11 Å². The maximum atomic E-state index is 11.2. The van der Waals surface area contributed by atoms with Crippen LogP contribution in [0.15, 0.2) is 22.7 Å². The van der Waals surface area contributed by atoms with Crippen molar-refractivity contribution in [1.82, 2.24) is 0 Å². The van der Waals surface area contributed by atoms with Gasteiger partial charge in [-0.05, 0) is 36.6 Å². The number of benzene rings is 1. The molecule has 0 radical (unpaired) electrons. The SMILES string of the molecule is COC(=O)C(Br)Cc1ccc(Br)cc1C. The van der Waals surface area contributed by atoms with Crippen LogP contribution >= 0.6 is 31.9 Å². The number of esters is 1. The van der Waals surface area contributed by atoms with E-state index < -0.39 is 0 Å². The van der Waals surface area contributed by atoms with E-state index in [2.05, 4.69) is 36.6 Å². The van der Waals surface area contributed by atoms with Crippen molar-refractivity contribution in [3.05, 3.63) is 33.8 Å². The van der Waals surface area contributed by atoms with Crippen LogP contribution in [-0.2, 0) is 16.0 Å². The van der Waals surface area contributed by atoms with Gasteiger partial charge in [-0.3, -0.25) is 4.79 Å². The Hall–Kier alpha value is -0.350. The Morgan fingerprint density at radius 1 is 1.53 bits per heavy atom. The lowest BCUT2D eigenvalue weighted by Gasteiger charge is -2.10. The summed E-state index contributed by atoms with van der Waals surface area (Å²) in [5, 5.41) is 0. The van der Waals surface area contributed by atoms with Crippen molar-refractivity contribution in [2.45, 2.75) is 18.2 Å². The van der Waals surface area contributed by atoms with Gasteiger partial charge >= 0.3 is 5.97 Å². The molecule has 1 aromatic rings. The number of aryl methyl sites for hydroxylation is 1. The van der Waals surface area contributed by atoms with E-state index in [-0.39, 0.29) is 10.8 Å². The first kappa shape index (κ1) is 12.7. The Bertz CT molecular complexity index is 364. The summed E-state index contributed by atoms with van der Waals surface area (Å²) in [5.41, 5.74) is 2.31. The Labute approximate surface area is 106 Å². The van der Waals surface area contributed by atoms with E-state index in [9.17, 15) is 4.79 Å². The van der Waals surface area contributed by atoms with Crippen LogP contribution in [0.4, 0.5) is 0 Å². The molecule has 0 saturated carbocycles. The van der Waals surface area contributed by atoms with Gasteiger partial charge < -0.3 is 4.74 Å². The zero-order valence-electron chi connectivity index (χ0n) is 8.59. The van der Waals surface area contributed by atoms with E-state index >= 15 is 0 Å². The third-order valence-corrected chi connectivity index (χ3v) is 3.35. The average molecular weight is 336 g/mol. The Morgan fingerprint density at radius 3 is 2.73 bits per heavy atom. The van der Waals surface area contributed by atoms with Crippen LogP contribution in [-0.4, -0.2) is 17.9 Å². The fourth-order valence-corrected chi connectivity index (χ4v) is 2.30. The summed E-state index contributed by atoms with van der Waals surface area (Å²) < 4.78 is 5.70. The van der Waals surface area contributed by atoms with Crippen molar-refractivity contribution in [1.29, 1.82) is 0 Å². The molecule has 15 heavy (non-hydrogen) atoms. The fraction of sp³-hybridized carbons (Fsp3) is 0.364. The summed E-state index contributed by atoms with van der Waals surface area (Å²) in [7, 11) is 1.39. The fourth-order valence-electron chi connectivity index (χ4n) is 1.29. The second kappa shape index (κ2) is 5.66. The summed E-state index contributed by atoms with van der Waals surface area (Å²) in [5.74, 6) is -0.239. The molecule has 0 fully saturated rings. The first-order valence-electron chi connectivity index (χ1n) is 4.51. The summed E-state index contributed by atoms with van der Waals surface area (Å²) >= 11 is 6.71. The molecule has 1 rings (SSSR count). The number of ether oxygens (including phenoxy) is 1. The lowest BCUT2D eigenvalue weighted by Crippen LogP contribution is -2.18. The molecule has 2 nitrogen and oxygen atoms in total. The largest absolute Gasteiger partial charge is 0.468 e. The number of methoxy groups -OCH3 is 1. The van der Waals surface area contributed by atoms with Gasteiger partial charge in [0.2, 0.25) is 0 Å². The van der Waals surface area contributed by atoms with Gasteiger partial charge in [0.1, 0.15) is 4.83 Å². The van der Waals surface area contributed by atoms with Crippen LogP contribution < -0.4 is 0 Å². The predicted octanol–water partition coefficient (Wildman–Crippen LogP) is 3.24. The van der Waals surface area contributed by atoms with Gasteiger partial charge in [0, 0.05) is 4.47 Å². The van der Waals surface area contributed by atoms with Crippen LogP contribution in [0.2, 0.25) is 0 Å². The summed E-state index contributed by atoms with van der Waals surface area (Å²) in [6.45, 7) is 2.02. The first-order chi connectivity index (χ1) is 7.04. The second-order valence-corrected chi connectivity index (χ2v) is 5.29. The molecule has 1 unspecified atom stereocenters. The monoisotopic (exact) mass is 334 g/mol. The molecular formula is C11H12Br2O2. The molecule has 0 N–H and O–H groups in total. The summed E-state index contributed by atoms with van der Waals surface area (Å²) in [4.78, 5) is 10.9. The highest BCUT2D eigenvalue weighted by molar-refractivity contribution is 9.10. The van der Waals surface area contributed by atoms with Crippen LogP contribution in [0.25, 0.3) is 0 Å².